The Morgan fingerprint density at radius 1 is 1.25 bits per heavy atom. The third-order valence-corrected chi connectivity index (χ3v) is 4.24. The fourth-order valence-corrected chi connectivity index (χ4v) is 2.87. The fraction of sp³-hybridized carbons (Fsp3) is 0.316. The predicted octanol–water partition coefficient (Wildman–Crippen LogP) is 2.44. The molecule has 0 fully saturated rings. The summed E-state index contributed by atoms with van der Waals surface area (Å²) in [6, 6.07) is 4.93. The van der Waals surface area contributed by atoms with Crippen molar-refractivity contribution < 1.29 is 23.1 Å². The first kappa shape index (κ1) is 21.2. The Hall–Kier alpha value is -3.09. The van der Waals surface area contributed by atoms with E-state index in [1.807, 2.05) is 6.07 Å². The van der Waals surface area contributed by atoms with Crippen LogP contribution in [0, 0.1) is 36.8 Å². The van der Waals surface area contributed by atoms with Gasteiger partial charge in [0.25, 0.3) is 5.91 Å². The van der Waals surface area contributed by atoms with Gasteiger partial charge in [-0.25, -0.2) is 8.78 Å². The number of rotatable bonds is 8. The minimum absolute atomic E-state index is 0.0493. The lowest BCUT2D eigenvalue weighted by Crippen LogP contribution is -2.21. The van der Waals surface area contributed by atoms with Gasteiger partial charge < -0.3 is 14.6 Å². The van der Waals surface area contributed by atoms with E-state index >= 15 is 0 Å². The third kappa shape index (κ3) is 4.60. The first-order valence-electron chi connectivity index (χ1n) is 8.38. The second-order valence-electron chi connectivity index (χ2n) is 6.08. The fourth-order valence-electron chi connectivity index (χ4n) is 2.87. The Bertz CT molecular complexity index is 948. The number of nitrogens with one attached hydrogen (secondary N) is 2. The second kappa shape index (κ2) is 9.21. The number of carbonyl (C=O) groups is 2. The van der Waals surface area contributed by atoms with Gasteiger partial charge in [0.05, 0.1) is 19.3 Å². The van der Waals surface area contributed by atoms with Crippen molar-refractivity contribution in [2.45, 2.75) is 13.8 Å². The van der Waals surface area contributed by atoms with Crippen LogP contribution in [0.3, 0.4) is 0 Å². The van der Waals surface area contributed by atoms with Crippen LogP contribution < -0.4 is 10.6 Å². The van der Waals surface area contributed by atoms with E-state index in [4.69, 9.17) is 10.00 Å². The van der Waals surface area contributed by atoms with Crippen LogP contribution in [0.25, 0.3) is 0 Å². The van der Waals surface area contributed by atoms with Crippen LogP contribution in [0.5, 0.6) is 0 Å². The minimum Gasteiger partial charge on any atom is -0.358 e. The molecule has 0 bridgehead atoms. The Kier molecular flexibility index (Phi) is 6.98. The zero-order chi connectivity index (χ0) is 20.8. The van der Waals surface area contributed by atoms with Crippen LogP contribution in [-0.2, 0) is 11.8 Å². The summed E-state index contributed by atoms with van der Waals surface area (Å²) >= 11 is 0. The SMILES string of the molecule is Cc1c(C(=O)COCNCC#N)c(C)n(C)c1C(=O)Nc1ccc(F)c(F)c1. The van der Waals surface area contributed by atoms with Gasteiger partial charge in [-0.1, -0.05) is 0 Å². The Morgan fingerprint density at radius 2 is 1.96 bits per heavy atom. The van der Waals surface area contributed by atoms with E-state index in [0.29, 0.717) is 16.8 Å². The molecule has 0 aliphatic carbocycles. The highest BCUT2D eigenvalue weighted by Crippen LogP contribution is 2.23. The van der Waals surface area contributed by atoms with Crippen molar-refractivity contribution in [2.24, 2.45) is 7.05 Å². The highest BCUT2D eigenvalue weighted by molar-refractivity contribution is 6.08. The average molecular weight is 390 g/mol. The van der Waals surface area contributed by atoms with Crippen LogP contribution >= 0.6 is 0 Å². The van der Waals surface area contributed by atoms with E-state index in [-0.39, 0.29) is 37.0 Å². The molecule has 9 heteroatoms. The van der Waals surface area contributed by atoms with Crippen LogP contribution in [-0.4, -0.2) is 36.1 Å². The van der Waals surface area contributed by atoms with Crippen molar-refractivity contribution in [1.29, 1.82) is 5.26 Å². The number of hydrogen-bond donors (Lipinski definition) is 2. The van der Waals surface area contributed by atoms with Crippen molar-refractivity contribution in [1.82, 2.24) is 9.88 Å². The van der Waals surface area contributed by atoms with Gasteiger partial charge in [0.2, 0.25) is 0 Å². The van der Waals surface area contributed by atoms with E-state index in [9.17, 15) is 18.4 Å². The molecule has 0 saturated carbocycles. The Balaban J connectivity index is 2.18. The zero-order valence-corrected chi connectivity index (χ0v) is 15.7. The molecule has 0 radical (unpaired) electrons. The zero-order valence-electron chi connectivity index (χ0n) is 15.7. The van der Waals surface area contributed by atoms with Gasteiger partial charge >= 0.3 is 0 Å². The van der Waals surface area contributed by atoms with Crippen molar-refractivity contribution in [3.8, 4) is 6.07 Å². The summed E-state index contributed by atoms with van der Waals surface area (Å²) in [5, 5.41) is 13.6. The minimum atomic E-state index is -1.07. The molecule has 1 aromatic heterocycles. The summed E-state index contributed by atoms with van der Waals surface area (Å²) in [5.74, 6) is -2.95. The van der Waals surface area contributed by atoms with Gasteiger partial charge in [-0.3, -0.25) is 14.9 Å². The van der Waals surface area contributed by atoms with Crippen molar-refractivity contribution >= 4 is 17.4 Å². The van der Waals surface area contributed by atoms with Gasteiger partial charge in [0, 0.05) is 30.1 Å². The number of Topliss-reactive ketones (excluding diaryl/α,β-unsaturated/α-hetero) is 1. The van der Waals surface area contributed by atoms with E-state index in [0.717, 1.165) is 12.1 Å². The summed E-state index contributed by atoms with van der Waals surface area (Å²) < 4.78 is 33.1. The van der Waals surface area contributed by atoms with Gasteiger partial charge in [-0.15, -0.1) is 0 Å². The molecule has 148 valence electrons. The molecule has 0 aliphatic rings. The third-order valence-electron chi connectivity index (χ3n) is 4.24. The van der Waals surface area contributed by atoms with E-state index < -0.39 is 17.5 Å². The molecule has 1 amide bonds. The highest BCUT2D eigenvalue weighted by atomic mass is 19.2. The maximum Gasteiger partial charge on any atom is 0.272 e. The molecule has 2 N–H and O–H groups in total. The number of halogens is 2. The number of nitrogens with zero attached hydrogens (tertiary/aromatic N) is 2. The summed E-state index contributed by atoms with van der Waals surface area (Å²) in [6.45, 7) is 3.27. The van der Waals surface area contributed by atoms with Crippen molar-refractivity contribution in [3.63, 3.8) is 0 Å². The molecule has 1 aromatic carbocycles. The van der Waals surface area contributed by atoms with E-state index in [2.05, 4.69) is 10.6 Å². The number of ketones is 1. The standard InChI is InChI=1S/C19H20F2N4O3/c1-11-17(16(26)9-28-10-23-7-6-22)12(2)25(3)18(11)19(27)24-13-4-5-14(20)15(21)8-13/h4-5,8,23H,7,9-10H2,1-3H3,(H,24,27). The molecule has 0 saturated heterocycles. The molecule has 28 heavy (non-hydrogen) atoms. The molecular formula is C19H20F2N4O3. The monoisotopic (exact) mass is 390 g/mol. The molecule has 2 aromatic rings. The molecule has 7 nitrogen and oxygen atoms in total. The maximum atomic E-state index is 13.3. The largest absolute Gasteiger partial charge is 0.358 e. The number of benzene rings is 1. The lowest BCUT2D eigenvalue weighted by atomic mass is 10.1. The molecule has 0 aliphatic heterocycles. The molecular weight excluding hydrogens is 370 g/mol. The van der Waals surface area contributed by atoms with E-state index in [1.54, 1.807) is 25.5 Å². The quantitative estimate of drug-likeness (QED) is 0.312. The first-order chi connectivity index (χ1) is 13.3. The lowest BCUT2D eigenvalue weighted by Gasteiger charge is -2.08. The normalized spacial score (nSPS) is 10.6. The van der Waals surface area contributed by atoms with Gasteiger partial charge in [0.1, 0.15) is 12.3 Å². The van der Waals surface area contributed by atoms with Gasteiger partial charge in [-0.2, -0.15) is 5.26 Å². The van der Waals surface area contributed by atoms with Crippen LogP contribution in [0.2, 0.25) is 0 Å². The van der Waals surface area contributed by atoms with Gasteiger partial charge in [0.15, 0.2) is 17.4 Å². The first-order valence-corrected chi connectivity index (χ1v) is 8.38. The molecule has 0 atom stereocenters. The highest BCUT2D eigenvalue weighted by Gasteiger charge is 2.25. The second-order valence-corrected chi connectivity index (χ2v) is 6.08. The Morgan fingerprint density at radius 3 is 2.61 bits per heavy atom. The van der Waals surface area contributed by atoms with Crippen LogP contribution in [0.1, 0.15) is 32.1 Å². The number of aromatic nitrogens is 1. The number of nitriles is 1. The summed E-state index contributed by atoms with van der Waals surface area (Å²) in [6.07, 6.45) is 0. The van der Waals surface area contributed by atoms with E-state index in [1.165, 1.54) is 6.07 Å². The predicted molar refractivity (Wildman–Crippen MR) is 98.0 cm³/mol. The Labute approximate surface area is 160 Å². The lowest BCUT2D eigenvalue weighted by molar-refractivity contribution is 0.0727. The number of anilines is 1. The summed E-state index contributed by atoms with van der Waals surface area (Å²) in [7, 11) is 1.63. The molecule has 0 spiro atoms. The average Bonchev–Trinajstić information content (AvgIpc) is 2.87. The summed E-state index contributed by atoms with van der Waals surface area (Å²) in [4.78, 5) is 25.1. The summed E-state index contributed by atoms with van der Waals surface area (Å²) in [5.41, 5.74) is 1.72. The van der Waals surface area contributed by atoms with Crippen LogP contribution in [0.15, 0.2) is 18.2 Å². The van der Waals surface area contributed by atoms with Crippen molar-refractivity contribution in [3.05, 3.63) is 52.3 Å². The van der Waals surface area contributed by atoms with Crippen LogP contribution in [0.4, 0.5) is 14.5 Å². The molecule has 0 unspecified atom stereocenters. The topological polar surface area (TPSA) is 96.2 Å². The number of hydrogen-bond acceptors (Lipinski definition) is 5. The van der Waals surface area contributed by atoms with Crippen molar-refractivity contribution in [2.75, 3.05) is 25.2 Å². The maximum absolute atomic E-state index is 13.3. The number of carbonyl (C=O) groups excluding carboxylic acids is 2. The smallest absolute Gasteiger partial charge is 0.272 e. The number of ether oxygens (including phenoxy) is 1. The number of amides is 1. The molecule has 1 heterocycles. The van der Waals surface area contributed by atoms with Gasteiger partial charge in [-0.05, 0) is 31.5 Å². The molecule has 2 rings (SSSR count).